The Bertz CT molecular complexity index is 1060. The van der Waals surface area contributed by atoms with E-state index in [1.54, 1.807) is 24.3 Å². The highest BCUT2D eigenvalue weighted by atomic mass is 35.5. The van der Waals surface area contributed by atoms with Gasteiger partial charge in [-0.2, -0.15) is 0 Å². The van der Waals surface area contributed by atoms with Crippen LogP contribution in [-0.2, 0) is 4.79 Å². The van der Waals surface area contributed by atoms with Gasteiger partial charge in [-0.3, -0.25) is 9.59 Å². The van der Waals surface area contributed by atoms with Gasteiger partial charge in [0.15, 0.2) is 0 Å². The standard InChI is InChI=1S/C26H29Cl2F2N3O2/c27-22-8-4-18(16-23(22)28)5-9-25(34)31-12-2-1-3-13-33-14-10-20(11-15-33)32-26(35)21-7-6-19(29)17-24(21)30/h4-9,16-17,20H,1-3,10-15H2,(H,31,34)(H,32,35)/b9-5+. The highest BCUT2D eigenvalue weighted by Gasteiger charge is 2.22. The zero-order valence-electron chi connectivity index (χ0n) is 19.3. The number of carbonyl (C=O) groups excluding carboxylic acids is 2. The summed E-state index contributed by atoms with van der Waals surface area (Å²) in [5.41, 5.74) is 0.672. The molecule has 2 aromatic rings. The van der Waals surface area contributed by atoms with Crippen LogP contribution < -0.4 is 10.6 Å². The SMILES string of the molecule is O=C(/C=C/c1ccc(Cl)c(Cl)c1)NCCCCCN1CCC(NC(=O)c2ccc(F)cc2F)CC1. The van der Waals surface area contributed by atoms with Crippen molar-refractivity contribution in [1.29, 1.82) is 0 Å². The molecule has 0 saturated carbocycles. The Balaban J connectivity index is 1.25. The third-order valence-corrected chi connectivity index (χ3v) is 6.66. The molecular weight excluding hydrogens is 495 g/mol. The summed E-state index contributed by atoms with van der Waals surface area (Å²) in [5, 5.41) is 6.65. The molecular formula is C26H29Cl2F2N3O2. The van der Waals surface area contributed by atoms with E-state index in [0.717, 1.165) is 69.4 Å². The molecule has 0 atom stereocenters. The summed E-state index contributed by atoms with van der Waals surface area (Å²) in [6, 6.07) is 8.14. The first kappa shape index (κ1) is 27.1. The number of halogens is 4. The number of hydrogen-bond acceptors (Lipinski definition) is 3. The maximum absolute atomic E-state index is 13.8. The third kappa shape index (κ3) is 8.91. The van der Waals surface area contributed by atoms with E-state index >= 15 is 0 Å². The van der Waals surface area contributed by atoms with Crippen molar-refractivity contribution in [2.45, 2.75) is 38.1 Å². The second-order valence-corrected chi connectivity index (χ2v) is 9.39. The molecule has 0 spiro atoms. The van der Waals surface area contributed by atoms with Gasteiger partial charge >= 0.3 is 0 Å². The molecule has 0 unspecified atom stereocenters. The number of hydrogen-bond donors (Lipinski definition) is 2. The summed E-state index contributed by atoms with van der Waals surface area (Å²) in [7, 11) is 0. The van der Waals surface area contributed by atoms with Gasteiger partial charge in [0.1, 0.15) is 11.6 Å². The van der Waals surface area contributed by atoms with E-state index in [1.165, 1.54) is 12.1 Å². The Kier molecular flexibility index (Phi) is 10.5. The number of carbonyl (C=O) groups is 2. The monoisotopic (exact) mass is 523 g/mol. The Morgan fingerprint density at radius 2 is 1.77 bits per heavy atom. The maximum atomic E-state index is 13.8. The minimum Gasteiger partial charge on any atom is -0.353 e. The van der Waals surface area contributed by atoms with Crippen LogP contribution in [0.4, 0.5) is 8.78 Å². The van der Waals surface area contributed by atoms with E-state index < -0.39 is 17.5 Å². The van der Waals surface area contributed by atoms with Gasteiger partial charge in [-0.05, 0) is 68.1 Å². The van der Waals surface area contributed by atoms with E-state index in [0.29, 0.717) is 16.6 Å². The summed E-state index contributed by atoms with van der Waals surface area (Å²) in [6.45, 7) is 3.28. The molecule has 1 aliphatic rings. The van der Waals surface area contributed by atoms with Gasteiger partial charge in [0.05, 0.1) is 15.6 Å². The van der Waals surface area contributed by atoms with Crippen molar-refractivity contribution in [2.75, 3.05) is 26.2 Å². The van der Waals surface area contributed by atoms with Crippen LogP contribution in [0.25, 0.3) is 6.08 Å². The van der Waals surface area contributed by atoms with Crippen molar-refractivity contribution in [3.8, 4) is 0 Å². The molecule has 0 bridgehead atoms. The first-order chi connectivity index (χ1) is 16.8. The number of benzene rings is 2. The Hall–Kier alpha value is -2.48. The lowest BCUT2D eigenvalue weighted by molar-refractivity contribution is -0.116. The largest absolute Gasteiger partial charge is 0.353 e. The number of nitrogens with one attached hydrogen (secondary N) is 2. The summed E-state index contributed by atoms with van der Waals surface area (Å²) >= 11 is 11.9. The van der Waals surface area contributed by atoms with Crippen molar-refractivity contribution in [2.24, 2.45) is 0 Å². The Morgan fingerprint density at radius 3 is 2.49 bits per heavy atom. The normalized spacial score (nSPS) is 14.9. The third-order valence-electron chi connectivity index (χ3n) is 5.92. The first-order valence-electron chi connectivity index (χ1n) is 11.7. The van der Waals surface area contributed by atoms with Gasteiger partial charge in [-0.15, -0.1) is 0 Å². The van der Waals surface area contributed by atoms with Gasteiger partial charge in [0, 0.05) is 37.8 Å². The van der Waals surface area contributed by atoms with Crippen molar-refractivity contribution in [3.05, 3.63) is 75.3 Å². The molecule has 9 heteroatoms. The predicted octanol–water partition coefficient (Wildman–Crippen LogP) is 5.47. The fraction of sp³-hybridized carbons (Fsp3) is 0.385. The first-order valence-corrected chi connectivity index (χ1v) is 12.5. The van der Waals surface area contributed by atoms with Crippen LogP contribution >= 0.6 is 23.2 Å². The summed E-state index contributed by atoms with van der Waals surface area (Å²) < 4.78 is 26.8. The number of nitrogens with zero attached hydrogens (tertiary/aromatic N) is 1. The molecule has 0 aliphatic carbocycles. The van der Waals surface area contributed by atoms with Crippen molar-refractivity contribution in [3.63, 3.8) is 0 Å². The number of amides is 2. The summed E-state index contributed by atoms with van der Waals surface area (Å²) in [4.78, 5) is 26.5. The lowest BCUT2D eigenvalue weighted by Crippen LogP contribution is -2.45. The highest BCUT2D eigenvalue weighted by Crippen LogP contribution is 2.23. The van der Waals surface area contributed by atoms with Gasteiger partial charge in [-0.1, -0.05) is 35.7 Å². The van der Waals surface area contributed by atoms with Gasteiger partial charge < -0.3 is 15.5 Å². The van der Waals surface area contributed by atoms with E-state index in [9.17, 15) is 18.4 Å². The molecule has 2 N–H and O–H groups in total. The fourth-order valence-corrected chi connectivity index (χ4v) is 4.24. The molecule has 1 fully saturated rings. The number of rotatable bonds is 10. The highest BCUT2D eigenvalue weighted by molar-refractivity contribution is 6.42. The lowest BCUT2D eigenvalue weighted by Gasteiger charge is -2.32. The molecule has 3 rings (SSSR count). The number of unbranched alkanes of at least 4 members (excludes halogenated alkanes) is 2. The maximum Gasteiger partial charge on any atom is 0.254 e. The van der Waals surface area contributed by atoms with Crippen LogP contribution in [0.2, 0.25) is 10.0 Å². The zero-order chi connectivity index (χ0) is 25.2. The quantitative estimate of drug-likeness (QED) is 0.320. The van der Waals surface area contributed by atoms with E-state index in [4.69, 9.17) is 23.2 Å². The molecule has 2 amide bonds. The van der Waals surface area contributed by atoms with Gasteiger partial charge in [0.2, 0.25) is 5.91 Å². The number of likely N-dealkylation sites (tertiary alicyclic amines) is 1. The van der Waals surface area contributed by atoms with Gasteiger partial charge in [-0.25, -0.2) is 8.78 Å². The Labute approximate surface area is 214 Å². The summed E-state index contributed by atoms with van der Waals surface area (Å²) in [6.07, 6.45) is 7.66. The second-order valence-electron chi connectivity index (χ2n) is 8.57. The molecule has 1 heterocycles. The van der Waals surface area contributed by atoms with Crippen LogP contribution in [0.15, 0.2) is 42.5 Å². The van der Waals surface area contributed by atoms with Crippen molar-refractivity contribution in [1.82, 2.24) is 15.5 Å². The zero-order valence-corrected chi connectivity index (χ0v) is 20.8. The van der Waals surface area contributed by atoms with E-state index in [2.05, 4.69) is 15.5 Å². The molecule has 0 aromatic heterocycles. The van der Waals surface area contributed by atoms with Crippen molar-refractivity contribution >= 4 is 41.1 Å². The summed E-state index contributed by atoms with van der Waals surface area (Å²) in [5.74, 6) is -2.21. The molecule has 188 valence electrons. The predicted molar refractivity (Wildman–Crippen MR) is 136 cm³/mol. The van der Waals surface area contributed by atoms with Crippen molar-refractivity contribution < 1.29 is 18.4 Å². The smallest absolute Gasteiger partial charge is 0.254 e. The van der Waals surface area contributed by atoms with Crippen LogP contribution in [0.5, 0.6) is 0 Å². The van der Waals surface area contributed by atoms with E-state index in [1.807, 2.05) is 0 Å². The Morgan fingerprint density at radius 1 is 1.00 bits per heavy atom. The molecule has 0 radical (unpaired) electrons. The molecule has 1 saturated heterocycles. The van der Waals surface area contributed by atoms with Crippen LogP contribution in [0, 0.1) is 11.6 Å². The minimum atomic E-state index is -0.849. The fourth-order valence-electron chi connectivity index (χ4n) is 3.93. The molecule has 2 aromatic carbocycles. The topological polar surface area (TPSA) is 61.4 Å². The lowest BCUT2D eigenvalue weighted by atomic mass is 10.0. The van der Waals surface area contributed by atoms with Crippen LogP contribution in [0.1, 0.15) is 48.0 Å². The van der Waals surface area contributed by atoms with Crippen LogP contribution in [0.3, 0.4) is 0 Å². The average molecular weight is 524 g/mol. The molecule has 35 heavy (non-hydrogen) atoms. The van der Waals surface area contributed by atoms with Gasteiger partial charge in [0.25, 0.3) is 5.91 Å². The minimum absolute atomic E-state index is 0.0182. The molecule has 1 aliphatic heterocycles. The second kappa shape index (κ2) is 13.6. The average Bonchev–Trinajstić information content (AvgIpc) is 2.83. The van der Waals surface area contributed by atoms with Crippen LogP contribution in [-0.4, -0.2) is 48.9 Å². The molecule has 5 nitrogen and oxygen atoms in total. The number of piperidine rings is 1. The van der Waals surface area contributed by atoms with E-state index in [-0.39, 0.29) is 17.5 Å².